The first kappa shape index (κ1) is 16.8. The van der Waals surface area contributed by atoms with Crippen molar-refractivity contribution >= 4 is 39.1 Å². The molecule has 1 heterocycles. The number of benzene rings is 1. The molecular weight excluding hydrogens is 371 g/mol. The summed E-state index contributed by atoms with van der Waals surface area (Å²) >= 11 is 16.0. The second-order valence-corrected chi connectivity index (χ2v) is 6.57. The lowest BCUT2D eigenvalue weighted by molar-refractivity contribution is 0.529. The second kappa shape index (κ2) is 8.14. The summed E-state index contributed by atoms with van der Waals surface area (Å²) in [5.74, 6) is 0. The van der Waals surface area contributed by atoms with Crippen molar-refractivity contribution in [3.8, 4) is 0 Å². The third-order valence-electron chi connectivity index (χ3n) is 3.20. The normalized spacial score (nSPS) is 12.4. The van der Waals surface area contributed by atoms with Crippen LogP contribution in [0.25, 0.3) is 0 Å². The Morgan fingerprint density at radius 1 is 1.29 bits per heavy atom. The van der Waals surface area contributed by atoms with E-state index in [1.165, 1.54) is 0 Å². The molecule has 112 valence electrons. The Morgan fingerprint density at radius 2 is 2.10 bits per heavy atom. The molecule has 2 aromatic rings. The molecule has 0 aliphatic heterocycles. The molecule has 21 heavy (non-hydrogen) atoms. The number of nitrogens with zero attached hydrogens (tertiary/aromatic N) is 1. The van der Waals surface area contributed by atoms with Gasteiger partial charge in [0, 0.05) is 22.9 Å². The fraction of sp³-hybridized carbons (Fsp3) is 0.312. The van der Waals surface area contributed by atoms with Crippen LogP contribution >= 0.6 is 39.1 Å². The molecule has 0 spiro atoms. The zero-order chi connectivity index (χ0) is 15.2. The molecule has 0 aliphatic carbocycles. The molecule has 1 aromatic heterocycles. The molecule has 1 aromatic carbocycles. The minimum absolute atomic E-state index is 0.118. The number of rotatable bonds is 6. The van der Waals surface area contributed by atoms with Gasteiger partial charge in [0.25, 0.3) is 0 Å². The predicted molar refractivity (Wildman–Crippen MR) is 93.1 cm³/mol. The monoisotopic (exact) mass is 386 g/mol. The van der Waals surface area contributed by atoms with Crippen LogP contribution in [0.4, 0.5) is 0 Å². The van der Waals surface area contributed by atoms with Crippen molar-refractivity contribution in [1.29, 1.82) is 0 Å². The molecular formula is C16H17BrCl2N2. The molecule has 5 heteroatoms. The molecule has 0 radical (unpaired) electrons. The average Bonchev–Trinajstić information content (AvgIpc) is 2.47. The van der Waals surface area contributed by atoms with Crippen LogP contribution in [0.15, 0.2) is 41.1 Å². The lowest BCUT2D eigenvalue weighted by Crippen LogP contribution is -2.24. The fourth-order valence-corrected chi connectivity index (χ4v) is 3.06. The molecule has 0 bridgehead atoms. The molecule has 1 N–H and O–H groups in total. The molecule has 2 rings (SSSR count). The number of aromatic nitrogens is 1. The summed E-state index contributed by atoms with van der Waals surface area (Å²) in [6.07, 6.45) is 5.53. The molecule has 0 amide bonds. The molecule has 2 nitrogen and oxygen atoms in total. The lowest BCUT2D eigenvalue weighted by Gasteiger charge is -2.21. The van der Waals surface area contributed by atoms with Gasteiger partial charge in [0.05, 0.1) is 10.0 Å². The van der Waals surface area contributed by atoms with E-state index in [2.05, 4.69) is 39.2 Å². The largest absolute Gasteiger partial charge is 0.310 e. The van der Waals surface area contributed by atoms with Crippen LogP contribution in [-0.4, -0.2) is 11.5 Å². The van der Waals surface area contributed by atoms with Crippen molar-refractivity contribution in [2.24, 2.45) is 0 Å². The Balaban J connectivity index is 2.27. The van der Waals surface area contributed by atoms with Gasteiger partial charge in [0.1, 0.15) is 0 Å². The van der Waals surface area contributed by atoms with Gasteiger partial charge in [-0.05, 0) is 58.6 Å². The highest BCUT2D eigenvalue weighted by Crippen LogP contribution is 2.31. The Bertz CT molecular complexity index is 605. The number of pyridine rings is 1. The standard InChI is InChI=1S/C16H17BrCl2N2/c1-2-6-21-15(8-11-7-12(17)10-20-9-11)13-4-3-5-14(18)16(13)19/h3-5,7,9-10,15,21H,2,6,8H2,1H3. The van der Waals surface area contributed by atoms with Crippen LogP contribution in [0.3, 0.4) is 0 Å². The van der Waals surface area contributed by atoms with E-state index >= 15 is 0 Å². The maximum atomic E-state index is 6.37. The minimum atomic E-state index is 0.118. The van der Waals surface area contributed by atoms with Crippen molar-refractivity contribution in [1.82, 2.24) is 10.3 Å². The maximum Gasteiger partial charge on any atom is 0.0640 e. The van der Waals surface area contributed by atoms with E-state index in [4.69, 9.17) is 23.2 Å². The van der Waals surface area contributed by atoms with E-state index in [1.54, 1.807) is 6.20 Å². The molecule has 0 aliphatic rings. The second-order valence-electron chi connectivity index (χ2n) is 4.87. The lowest BCUT2D eigenvalue weighted by atomic mass is 9.99. The SMILES string of the molecule is CCCNC(Cc1cncc(Br)c1)c1cccc(Cl)c1Cl. The first-order valence-electron chi connectivity index (χ1n) is 6.88. The Morgan fingerprint density at radius 3 is 2.81 bits per heavy atom. The van der Waals surface area contributed by atoms with E-state index in [9.17, 15) is 0 Å². The zero-order valence-electron chi connectivity index (χ0n) is 11.7. The van der Waals surface area contributed by atoms with Gasteiger partial charge < -0.3 is 5.32 Å². The Hall–Kier alpha value is -0.610. The summed E-state index contributed by atoms with van der Waals surface area (Å²) in [4.78, 5) is 4.22. The van der Waals surface area contributed by atoms with Gasteiger partial charge >= 0.3 is 0 Å². The van der Waals surface area contributed by atoms with Crippen LogP contribution in [0, 0.1) is 0 Å². The van der Waals surface area contributed by atoms with Gasteiger partial charge in [-0.1, -0.05) is 42.3 Å². The highest BCUT2D eigenvalue weighted by atomic mass is 79.9. The van der Waals surface area contributed by atoms with Crippen LogP contribution in [0.1, 0.15) is 30.5 Å². The van der Waals surface area contributed by atoms with Crippen molar-refractivity contribution in [2.45, 2.75) is 25.8 Å². The van der Waals surface area contributed by atoms with Gasteiger partial charge in [-0.2, -0.15) is 0 Å². The summed E-state index contributed by atoms with van der Waals surface area (Å²) in [6, 6.07) is 7.96. The summed E-state index contributed by atoms with van der Waals surface area (Å²) in [7, 11) is 0. The number of hydrogen-bond donors (Lipinski definition) is 1. The highest BCUT2D eigenvalue weighted by molar-refractivity contribution is 9.10. The summed E-state index contributed by atoms with van der Waals surface area (Å²) in [6.45, 7) is 3.07. The molecule has 1 atom stereocenters. The molecule has 1 unspecified atom stereocenters. The fourth-order valence-electron chi connectivity index (χ4n) is 2.20. The topological polar surface area (TPSA) is 24.9 Å². The number of hydrogen-bond acceptors (Lipinski definition) is 2. The Kier molecular flexibility index (Phi) is 6.49. The first-order valence-corrected chi connectivity index (χ1v) is 8.43. The number of halogens is 3. The smallest absolute Gasteiger partial charge is 0.0640 e. The quantitative estimate of drug-likeness (QED) is 0.714. The predicted octanol–water partition coefficient (Wildman–Crippen LogP) is 5.43. The summed E-state index contributed by atoms with van der Waals surface area (Å²) < 4.78 is 0.978. The third kappa shape index (κ3) is 4.68. The van der Waals surface area contributed by atoms with E-state index in [1.807, 2.05) is 24.4 Å². The third-order valence-corrected chi connectivity index (χ3v) is 4.47. The van der Waals surface area contributed by atoms with Gasteiger partial charge in [-0.15, -0.1) is 0 Å². The van der Waals surface area contributed by atoms with E-state index in [0.717, 1.165) is 35.0 Å². The van der Waals surface area contributed by atoms with E-state index < -0.39 is 0 Å². The molecule has 0 fully saturated rings. The minimum Gasteiger partial charge on any atom is -0.310 e. The zero-order valence-corrected chi connectivity index (χ0v) is 14.8. The average molecular weight is 388 g/mol. The maximum absolute atomic E-state index is 6.37. The van der Waals surface area contributed by atoms with Gasteiger partial charge in [-0.25, -0.2) is 0 Å². The summed E-state index contributed by atoms with van der Waals surface area (Å²) in [5.41, 5.74) is 2.17. The van der Waals surface area contributed by atoms with Crippen molar-refractivity contribution in [3.63, 3.8) is 0 Å². The van der Waals surface area contributed by atoms with E-state index in [-0.39, 0.29) is 6.04 Å². The Labute approximate surface area is 144 Å². The van der Waals surface area contributed by atoms with Gasteiger partial charge in [0.15, 0.2) is 0 Å². The van der Waals surface area contributed by atoms with Crippen LogP contribution < -0.4 is 5.32 Å². The van der Waals surface area contributed by atoms with Crippen LogP contribution in [0.2, 0.25) is 10.0 Å². The number of nitrogens with one attached hydrogen (secondary N) is 1. The first-order chi connectivity index (χ1) is 10.1. The van der Waals surface area contributed by atoms with Crippen LogP contribution in [0.5, 0.6) is 0 Å². The summed E-state index contributed by atoms with van der Waals surface area (Å²) in [5, 5.41) is 4.74. The van der Waals surface area contributed by atoms with Gasteiger partial charge in [0.2, 0.25) is 0 Å². The van der Waals surface area contributed by atoms with Crippen molar-refractivity contribution in [2.75, 3.05) is 6.54 Å². The van der Waals surface area contributed by atoms with Crippen molar-refractivity contribution in [3.05, 3.63) is 62.3 Å². The van der Waals surface area contributed by atoms with Crippen LogP contribution in [-0.2, 0) is 6.42 Å². The van der Waals surface area contributed by atoms with Crippen molar-refractivity contribution < 1.29 is 0 Å². The molecule has 0 saturated heterocycles. The molecule has 0 saturated carbocycles. The van der Waals surface area contributed by atoms with E-state index in [0.29, 0.717) is 10.0 Å². The highest BCUT2D eigenvalue weighted by Gasteiger charge is 2.16. The van der Waals surface area contributed by atoms with Gasteiger partial charge in [-0.3, -0.25) is 4.98 Å².